The maximum atomic E-state index is 4.89. The molecule has 0 N–H and O–H groups in total. The molecule has 24 heavy (non-hydrogen) atoms. The first kappa shape index (κ1) is 63.0. The van der Waals surface area contributed by atoms with Crippen LogP contribution in [-0.2, 0) is 126 Å². The van der Waals surface area contributed by atoms with Crippen LogP contribution in [0.1, 0.15) is 68.2 Å². The number of hydrogen-bond donors (Lipinski definition) is 0. The molecule has 0 aromatic heterocycles. The summed E-state index contributed by atoms with van der Waals surface area (Å²) in [7, 11) is 15.1. The first-order valence-electron chi connectivity index (χ1n) is 6.74. The molecule has 0 heterocycles. The Labute approximate surface area is 251 Å². The van der Waals surface area contributed by atoms with E-state index in [9.17, 15) is 0 Å². The Hall–Kier alpha value is 5.73. The third-order valence-electron chi connectivity index (χ3n) is 0.816. The van der Waals surface area contributed by atoms with Gasteiger partial charge in [0.1, 0.15) is 0 Å². The van der Waals surface area contributed by atoms with Gasteiger partial charge >= 0.3 is 57.4 Å². The van der Waals surface area contributed by atoms with Gasteiger partial charge < -0.3 is 12.8 Å². The van der Waals surface area contributed by atoms with E-state index < -0.39 is 17.0 Å². The van der Waals surface area contributed by atoms with Crippen LogP contribution in [0.3, 0.4) is 0 Å². The summed E-state index contributed by atoms with van der Waals surface area (Å²) >= 11 is -0.556. The van der Waals surface area contributed by atoms with Crippen LogP contribution in [0, 0.1) is 12.8 Å². The third-order valence-corrected chi connectivity index (χ3v) is 0.816. The van der Waals surface area contributed by atoms with E-state index in [0.717, 1.165) is 11.3 Å². The first-order valence-corrected chi connectivity index (χ1v) is 12.4. The van der Waals surface area contributed by atoms with Crippen molar-refractivity contribution >= 4 is 37.1 Å². The largest absolute Gasteiger partial charge is 2.00 e. The second kappa shape index (κ2) is 78.9. The van der Waals surface area contributed by atoms with E-state index in [1.165, 1.54) is 12.8 Å². The smallest absolute Gasteiger partial charge is 0 e. The predicted octanol–water partition coefficient (Wildman–Crippen LogP) is 7.14. The summed E-state index contributed by atoms with van der Waals surface area (Å²) < 4.78 is 0. The Morgan fingerprint density at radius 3 is 0.792 bits per heavy atom. The average molecular weight is 624 g/mol. The fourth-order valence-electron chi connectivity index (χ4n) is 0. The Bertz CT molecular complexity index is 89.8. The summed E-state index contributed by atoms with van der Waals surface area (Å²) in [4.78, 5) is 0. The fraction of sp³-hybridized carbons (Fsp3) is 0.857. The van der Waals surface area contributed by atoms with Crippen LogP contribution in [0.5, 0.6) is 0 Å². The number of halogens is 2. The van der Waals surface area contributed by atoms with E-state index in [-0.39, 0.29) is 109 Å². The molecule has 0 aliphatic rings. The van der Waals surface area contributed by atoms with Crippen molar-refractivity contribution in [3.05, 3.63) is 12.8 Å². The van der Waals surface area contributed by atoms with Gasteiger partial charge in [0.2, 0.25) is 0 Å². The quantitative estimate of drug-likeness (QED) is 0.174. The molecule has 0 aliphatic heterocycles. The van der Waals surface area contributed by atoms with Gasteiger partial charge in [-0.15, -0.1) is 18.5 Å². The van der Waals surface area contributed by atoms with Crippen molar-refractivity contribution in [2.45, 2.75) is 79.5 Å². The summed E-state index contributed by atoms with van der Waals surface area (Å²) in [5.74, 6) is 0. The van der Waals surface area contributed by atoms with Crippen LogP contribution in [-0.4, -0.2) is 11.3 Å². The molecule has 2 atom stereocenters. The molecule has 0 nitrogen and oxygen atoms in total. The van der Waals surface area contributed by atoms with Crippen LogP contribution in [0.15, 0.2) is 0 Å². The van der Waals surface area contributed by atoms with Gasteiger partial charge in [-0.05, 0) is 11.3 Å². The van der Waals surface area contributed by atoms with E-state index in [4.69, 9.17) is 18.6 Å². The molecule has 2 unspecified atom stereocenters. The summed E-state index contributed by atoms with van der Waals surface area (Å²) in [6, 6.07) is 0. The minimum absolute atomic E-state index is 0. The predicted molar refractivity (Wildman–Crippen MR) is 102 cm³/mol. The Morgan fingerprint density at radius 1 is 0.750 bits per heavy atom. The molecular formula is C14H36Cl2P2Ti6. The zero-order valence-electron chi connectivity index (χ0n) is 16.6. The zero-order chi connectivity index (χ0) is 16.7. The zero-order valence-corrected chi connectivity index (χ0v) is 29.8. The average Bonchev–Trinajstić information content (AvgIpc) is 2.28. The number of unbranched alkanes of at least 4 members (excludes halogenated alkanes) is 2. The van der Waals surface area contributed by atoms with Gasteiger partial charge in [-0.25, -0.2) is 0 Å². The van der Waals surface area contributed by atoms with Gasteiger partial charge in [-0.2, -0.15) is 26.7 Å². The third kappa shape index (κ3) is 332. The minimum atomic E-state index is -0.556. The van der Waals surface area contributed by atoms with Crippen molar-refractivity contribution in [3.8, 4) is 0 Å². The molecule has 0 fully saturated rings. The monoisotopic (exact) mass is 624 g/mol. The van der Waals surface area contributed by atoms with Gasteiger partial charge in [-0.3, -0.25) is 0 Å². The maximum absolute atomic E-state index is 4.89. The summed E-state index contributed by atoms with van der Waals surface area (Å²) in [5.41, 5.74) is 1.50. The normalized spacial score (nSPS) is 6.08. The van der Waals surface area contributed by atoms with Crippen LogP contribution < -0.4 is 0 Å². The Morgan fingerprint density at radius 2 is 0.792 bits per heavy atom. The van der Waals surface area contributed by atoms with Gasteiger partial charge in [0, 0.05) is 86.9 Å². The summed E-state index contributed by atoms with van der Waals surface area (Å²) in [6.45, 7) is 16.9. The second-order valence-corrected chi connectivity index (χ2v) is 9.44. The van der Waals surface area contributed by atoms with E-state index >= 15 is 0 Å². The van der Waals surface area contributed by atoms with E-state index in [1.807, 2.05) is 0 Å². The molecule has 0 radical (unpaired) electrons. The molecule has 140 valence electrons. The van der Waals surface area contributed by atoms with Crippen molar-refractivity contribution in [3.63, 3.8) is 0 Å². The topological polar surface area (TPSA) is 0 Å². The molecule has 0 spiro atoms. The first-order chi connectivity index (χ1) is 8.71. The van der Waals surface area contributed by atoms with Crippen LogP contribution in [0.4, 0.5) is 0 Å². The minimum Gasteiger partial charge on any atom is 0 e. The molecule has 0 amide bonds. The molecule has 0 rings (SSSR count). The van der Waals surface area contributed by atoms with Crippen LogP contribution >= 0.6 is 37.1 Å². The Balaban J connectivity index is -0.0000000122. The fourth-order valence-corrected chi connectivity index (χ4v) is 0. The molecule has 0 saturated carbocycles. The van der Waals surface area contributed by atoms with Crippen molar-refractivity contribution in [2.24, 2.45) is 0 Å². The molecule has 0 aromatic rings. The maximum Gasteiger partial charge on any atom is 2.00 e. The molecule has 0 saturated heterocycles. The van der Waals surface area contributed by atoms with Gasteiger partial charge in [-0.1, -0.05) is 41.5 Å². The number of hydrogen-bond acceptors (Lipinski definition) is 0. The second-order valence-electron chi connectivity index (χ2n) is 4.19. The number of rotatable bonds is 2. The van der Waals surface area contributed by atoms with E-state index in [2.05, 4.69) is 86.7 Å². The standard InChI is InChI=1S/2C4H9.2C3H9P.2ClH.6Ti/c2*1-3-4-2;2*1-3(2)4;;;;;;;;/h4*3H,4H2,1-2H3;2*1H;;;;;;/q2*-1;;;;;;;;;2*+2/p-2. The van der Waals surface area contributed by atoms with E-state index in [1.54, 1.807) is 0 Å². The molecular weight excluding hydrogens is 588 g/mol. The molecule has 0 aromatic carbocycles. The van der Waals surface area contributed by atoms with Crippen LogP contribution in [0.2, 0.25) is 0 Å². The van der Waals surface area contributed by atoms with Gasteiger partial charge in [0.25, 0.3) is 0 Å². The van der Waals surface area contributed by atoms with Crippen LogP contribution in [0.25, 0.3) is 0 Å². The summed E-state index contributed by atoms with van der Waals surface area (Å²) in [6.07, 6.45) is 6.64. The Kier molecular flexibility index (Phi) is 207. The molecule has 0 aliphatic carbocycles. The SMILES string of the molecule is CC(C)P.CC(C)P.C[CH-]CC.C[CH-]CC.[Cl][Ti][Cl].[Ti+2].[Ti].[Ti].[Ti].[Ti]. The van der Waals surface area contributed by atoms with E-state index in [0.29, 0.717) is 0 Å². The van der Waals surface area contributed by atoms with Crippen molar-refractivity contribution in [1.29, 1.82) is 0 Å². The van der Waals surface area contributed by atoms with Crippen molar-refractivity contribution in [1.82, 2.24) is 0 Å². The van der Waals surface area contributed by atoms with Gasteiger partial charge in [0.05, 0.1) is 0 Å². The molecule has 0 bridgehead atoms. The van der Waals surface area contributed by atoms with Crippen molar-refractivity contribution in [2.75, 3.05) is 0 Å². The molecule has 10 heteroatoms. The van der Waals surface area contributed by atoms with Crippen molar-refractivity contribution < 1.29 is 126 Å². The van der Waals surface area contributed by atoms with Gasteiger partial charge in [0.15, 0.2) is 0 Å². The summed E-state index contributed by atoms with van der Waals surface area (Å²) in [5, 5.41) is 0.